The maximum atomic E-state index is 4.19. The maximum absolute atomic E-state index is 4.19. The quantitative estimate of drug-likeness (QED) is 0.526. The fourth-order valence-electron chi connectivity index (χ4n) is 2.79. The van der Waals surface area contributed by atoms with Crippen molar-refractivity contribution in [2.45, 2.75) is 84.0 Å². The topological polar surface area (TPSA) is 28.7 Å². The summed E-state index contributed by atoms with van der Waals surface area (Å²) in [6.07, 6.45) is 13.8. The van der Waals surface area contributed by atoms with Crippen molar-refractivity contribution in [2.75, 3.05) is 0 Å². The molecule has 0 aliphatic rings. The molecule has 0 fully saturated rings. The van der Waals surface area contributed by atoms with Crippen molar-refractivity contribution in [1.82, 2.24) is 10.2 Å². The van der Waals surface area contributed by atoms with Crippen molar-refractivity contribution in [1.29, 1.82) is 0 Å². The van der Waals surface area contributed by atoms with E-state index < -0.39 is 0 Å². The molecule has 3 heteroatoms. The van der Waals surface area contributed by atoms with Crippen molar-refractivity contribution < 1.29 is 0 Å². The largest absolute Gasteiger partial charge is 0.271 e. The molecule has 0 amide bonds. The van der Waals surface area contributed by atoms with Crippen LogP contribution < -0.4 is 0 Å². The van der Waals surface area contributed by atoms with Gasteiger partial charge in [-0.15, -0.1) is 0 Å². The van der Waals surface area contributed by atoms with Gasteiger partial charge in [0.15, 0.2) is 0 Å². The first-order valence-electron chi connectivity index (χ1n) is 7.83. The van der Waals surface area contributed by atoms with Gasteiger partial charge in [-0.25, -0.2) is 0 Å². The van der Waals surface area contributed by atoms with Gasteiger partial charge in [0.1, 0.15) is 4.60 Å². The van der Waals surface area contributed by atoms with E-state index in [-0.39, 0.29) is 5.41 Å². The van der Waals surface area contributed by atoms with Crippen LogP contribution in [0, 0.1) is 0 Å². The van der Waals surface area contributed by atoms with Gasteiger partial charge in [0.05, 0.1) is 6.20 Å². The van der Waals surface area contributed by atoms with Crippen molar-refractivity contribution in [3.63, 3.8) is 0 Å². The predicted molar refractivity (Wildman–Crippen MR) is 86.5 cm³/mol. The van der Waals surface area contributed by atoms with Gasteiger partial charge >= 0.3 is 0 Å². The Kier molecular flexibility index (Phi) is 7.74. The minimum atomic E-state index is 0.273. The molecular formula is C16H29BrN2. The second kappa shape index (κ2) is 8.78. The maximum Gasteiger partial charge on any atom is 0.104 e. The Labute approximate surface area is 126 Å². The number of nitrogens with one attached hydrogen (secondary N) is 1. The molecule has 1 aromatic heterocycles. The zero-order valence-corrected chi connectivity index (χ0v) is 14.4. The molecule has 1 atom stereocenters. The summed E-state index contributed by atoms with van der Waals surface area (Å²) in [6, 6.07) is 0. The zero-order chi connectivity index (χ0) is 14.1. The normalized spacial score (nSPS) is 14.5. The van der Waals surface area contributed by atoms with Crippen LogP contribution in [0.1, 0.15) is 84.1 Å². The highest BCUT2D eigenvalue weighted by atomic mass is 79.9. The molecular weight excluding hydrogens is 300 g/mol. The Bertz CT molecular complexity index is 348. The molecule has 0 spiro atoms. The van der Waals surface area contributed by atoms with Gasteiger partial charge in [-0.1, -0.05) is 65.7 Å². The van der Waals surface area contributed by atoms with E-state index >= 15 is 0 Å². The third-order valence-corrected chi connectivity index (χ3v) is 4.76. The van der Waals surface area contributed by atoms with Crippen LogP contribution in [-0.2, 0) is 5.41 Å². The first-order chi connectivity index (χ1) is 9.14. The van der Waals surface area contributed by atoms with E-state index in [1.165, 1.54) is 63.4 Å². The lowest BCUT2D eigenvalue weighted by atomic mass is 9.75. The van der Waals surface area contributed by atoms with Gasteiger partial charge in [-0.2, -0.15) is 5.10 Å². The molecule has 0 aliphatic carbocycles. The summed E-state index contributed by atoms with van der Waals surface area (Å²) in [7, 11) is 0. The first kappa shape index (κ1) is 16.7. The molecule has 0 radical (unpaired) electrons. The van der Waals surface area contributed by atoms with Crippen LogP contribution in [0.4, 0.5) is 0 Å². The highest BCUT2D eigenvalue weighted by Gasteiger charge is 2.28. The molecule has 1 unspecified atom stereocenters. The lowest BCUT2D eigenvalue weighted by molar-refractivity contribution is 0.364. The third-order valence-electron chi connectivity index (χ3n) is 4.16. The standard InChI is InChI=1S/C16H29BrN2/c1-4-6-8-10-12-16(3,11-9-7-5-2)14-13-18-19-15(14)17/h13H,4-12H2,1-3H3,(H,18,19). The smallest absolute Gasteiger partial charge is 0.104 e. The summed E-state index contributed by atoms with van der Waals surface area (Å²) in [4.78, 5) is 0. The van der Waals surface area contributed by atoms with E-state index in [4.69, 9.17) is 0 Å². The molecule has 0 saturated heterocycles. The second-order valence-corrected chi connectivity index (χ2v) is 6.72. The molecule has 1 N–H and O–H groups in total. The lowest BCUT2D eigenvalue weighted by Crippen LogP contribution is -2.22. The molecule has 1 heterocycles. The van der Waals surface area contributed by atoms with Gasteiger partial charge in [-0.05, 0) is 34.2 Å². The van der Waals surface area contributed by atoms with Gasteiger partial charge in [0.2, 0.25) is 0 Å². The molecule has 0 aromatic carbocycles. The van der Waals surface area contributed by atoms with Crippen LogP contribution in [0.3, 0.4) is 0 Å². The van der Waals surface area contributed by atoms with Crippen LogP contribution in [0.2, 0.25) is 0 Å². The van der Waals surface area contributed by atoms with E-state index in [0.29, 0.717) is 0 Å². The Morgan fingerprint density at radius 2 is 1.63 bits per heavy atom. The highest BCUT2D eigenvalue weighted by Crippen LogP contribution is 2.38. The molecule has 1 aromatic rings. The number of halogens is 1. The SMILES string of the molecule is CCCCCCC(C)(CCCCC)c1cn[nH]c1Br. The number of aromatic nitrogens is 2. The summed E-state index contributed by atoms with van der Waals surface area (Å²) >= 11 is 3.62. The highest BCUT2D eigenvalue weighted by molar-refractivity contribution is 9.10. The Morgan fingerprint density at radius 3 is 2.16 bits per heavy atom. The molecule has 0 aliphatic heterocycles. The minimum Gasteiger partial charge on any atom is -0.271 e. The molecule has 19 heavy (non-hydrogen) atoms. The van der Waals surface area contributed by atoms with E-state index in [1.807, 2.05) is 6.20 Å². The Hall–Kier alpha value is -0.310. The summed E-state index contributed by atoms with van der Waals surface area (Å²) in [5.74, 6) is 0. The zero-order valence-electron chi connectivity index (χ0n) is 12.8. The Morgan fingerprint density at radius 1 is 1.05 bits per heavy atom. The van der Waals surface area contributed by atoms with Crippen LogP contribution >= 0.6 is 15.9 Å². The predicted octanol–water partition coefficient (Wildman–Crippen LogP) is 5.98. The third kappa shape index (κ3) is 5.29. The number of rotatable bonds is 10. The average Bonchev–Trinajstić information content (AvgIpc) is 2.82. The molecule has 0 saturated carbocycles. The number of hydrogen-bond acceptors (Lipinski definition) is 1. The molecule has 1 rings (SSSR count). The van der Waals surface area contributed by atoms with Crippen LogP contribution in [0.25, 0.3) is 0 Å². The van der Waals surface area contributed by atoms with Gasteiger partial charge in [0.25, 0.3) is 0 Å². The molecule has 0 bridgehead atoms. The van der Waals surface area contributed by atoms with E-state index in [0.717, 1.165) is 4.60 Å². The second-order valence-electron chi connectivity index (χ2n) is 5.93. The summed E-state index contributed by atoms with van der Waals surface area (Å²) in [6.45, 7) is 6.95. The molecule has 2 nitrogen and oxygen atoms in total. The van der Waals surface area contributed by atoms with Crippen LogP contribution in [0.15, 0.2) is 10.8 Å². The number of H-pyrrole nitrogens is 1. The average molecular weight is 329 g/mol. The minimum absolute atomic E-state index is 0.273. The van der Waals surface area contributed by atoms with E-state index in [2.05, 4.69) is 46.9 Å². The fraction of sp³-hybridized carbons (Fsp3) is 0.812. The lowest BCUT2D eigenvalue weighted by Gasteiger charge is -2.29. The van der Waals surface area contributed by atoms with E-state index in [9.17, 15) is 0 Å². The van der Waals surface area contributed by atoms with E-state index in [1.54, 1.807) is 0 Å². The number of unbranched alkanes of at least 4 members (excludes halogenated alkanes) is 5. The fourth-order valence-corrected chi connectivity index (χ4v) is 3.48. The van der Waals surface area contributed by atoms with Gasteiger partial charge in [0, 0.05) is 5.56 Å². The summed E-state index contributed by atoms with van der Waals surface area (Å²) < 4.78 is 1.07. The first-order valence-corrected chi connectivity index (χ1v) is 8.62. The van der Waals surface area contributed by atoms with Crippen molar-refractivity contribution >= 4 is 15.9 Å². The number of aromatic amines is 1. The van der Waals surface area contributed by atoms with Gasteiger partial charge in [-0.3, -0.25) is 5.10 Å². The summed E-state index contributed by atoms with van der Waals surface area (Å²) in [5, 5.41) is 7.22. The van der Waals surface area contributed by atoms with Crippen molar-refractivity contribution in [2.24, 2.45) is 0 Å². The van der Waals surface area contributed by atoms with Crippen molar-refractivity contribution in [3.05, 3.63) is 16.4 Å². The number of hydrogen-bond donors (Lipinski definition) is 1. The summed E-state index contributed by atoms with van der Waals surface area (Å²) in [5.41, 5.74) is 1.63. The number of nitrogens with zero attached hydrogens (tertiary/aromatic N) is 1. The van der Waals surface area contributed by atoms with Crippen LogP contribution in [0.5, 0.6) is 0 Å². The molecule has 110 valence electrons. The Balaban J connectivity index is 2.64. The van der Waals surface area contributed by atoms with Crippen LogP contribution in [-0.4, -0.2) is 10.2 Å². The van der Waals surface area contributed by atoms with Crippen molar-refractivity contribution in [3.8, 4) is 0 Å². The van der Waals surface area contributed by atoms with Gasteiger partial charge < -0.3 is 0 Å². The monoisotopic (exact) mass is 328 g/mol.